The molecule has 10 heteroatoms. The molecule has 5 rings (SSSR count). The van der Waals surface area contributed by atoms with Gasteiger partial charge in [-0.15, -0.1) is 0 Å². The molecule has 0 spiro atoms. The van der Waals surface area contributed by atoms with Crippen LogP contribution in [0.5, 0.6) is 11.5 Å². The summed E-state index contributed by atoms with van der Waals surface area (Å²) in [5.74, 6) is -0.879. The summed E-state index contributed by atoms with van der Waals surface area (Å²) >= 11 is 0. The maximum Gasteiger partial charge on any atom is 0.335 e. The van der Waals surface area contributed by atoms with Crippen LogP contribution < -0.4 is 14.8 Å². The highest BCUT2D eigenvalue weighted by molar-refractivity contribution is 7.91. The van der Waals surface area contributed by atoms with Gasteiger partial charge in [0.2, 0.25) is 10.0 Å². The minimum absolute atomic E-state index is 0.0433. The zero-order valence-corrected chi connectivity index (χ0v) is 27.2. The Morgan fingerprint density at radius 2 is 1.56 bits per heavy atom. The van der Waals surface area contributed by atoms with Crippen LogP contribution in [0.15, 0.2) is 115 Å². The van der Waals surface area contributed by atoms with Gasteiger partial charge in [-0.1, -0.05) is 66.7 Å². The number of rotatable bonds is 14. The zero-order chi connectivity index (χ0) is 34.1. The number of phenolic OH excluding ortho intramolecular Hbond substituents is 1. The number of carboxylic acid groups (broad SMARTS) is 1. The van der Waals surface area contributed by atoms with Crippen LogP contribution in [0.3, 0.4) is 0 Å². The van der Waals surface area contributed by atoms with Crippen molar-refractivity contribution in [3.8, 4) is 22.6 Å². The number of carbonyl (C=O) groups excluding carboxylic acids is 1. The highest BCUT2D eigenvalue weighted by Gasteiger charge is 2.17. The van der Waals surface area contributed by atoms with Gasteiger partial charge in [-0.25, -0.2) is 13.2 Å². The molecule has 0 aliphatic rings. The van der Waals surface area contributed by atoms with Crippen molar-refractivity contribution < 1.29 is 33.0 Å². The number of aryl methyl sites for hydroxylation is 2. The molecule has 4 N–H and O–H groups in total. The van der Waals surface area contributed by atoms with Crippen molar-refractivity contribution >= 4 is 27.6 Å². The Hall–Kier alpha value is -5.61. The van der Waals surface area contributed by atoms with E-state index in [0.717, 1.165) is 33.6 Å². The van der Waals surface area contributed by atoms with Gasteiger partial charge >= 0.3 is 5.97 Å². The van der Waals surface area contributed by atoms with E-state index in [-0.39, 0.29) is 22.8 Å². The molecule has 0 fully saturated rings. The van der Waals surface area contributed by atoms with Crippen molar-refractivity contribution in [2.45, 2.75) is 32.1 Å². The van der Waals surface area contributed by atoms with Crippen molar-refractivity contribution in [2.24, 2.45) is 0 Å². The van der Waals surface area contributed by atoms with E-state index in [0.29, 0.717) is 37.2 Å². The van der Waals surface area contributed by atoms with Crippen molar-refractivity contribution in [1.29, 1.82) is 0 Å². The molecule has 0 heterocycles. The minimum Gasteiger partial charge on any atom is -0.508 e. The smallest absolute Gasteiger partial charge is 0.335 e. The van der Waals surface area contributed by atoms with Crippen molar-refractivity contribution in [3.63, 3.8) is 0 Å². The van der Waals surface area contributed by atoms with Gasteiger partial charge in [-0.3, -0.25) is 9.52 Å². The Labute approximate surface area is 279 Å². The van der Waals surface area contributed by atoms with Crippen LogP contribution in [0.25, 0.3) is 11.1 Å². The third kappa shape index (κ3) is 9.23. The number of aromatic hydroxyl groups is 1. The average Bonchev–Trinajstić information content (AvgIpc) is 3.06. The molecule has 0 aliphatic heterocycles. The van der Waals surface area contributed by atoms with Crippen molar-refractivity contribution in [3.05, 3.63) is 149 Å². The van der Waals surface area contributed by atoms with Gasteiger partial charge in [0.15, 0.2) is 0 Å². The molecule has 9 nitrogen and oxygen atoms in total. The molecular weight excluding hydrogens is 628 g/mol. The van der Waals surface area contributed by atoms with Crippen LogP contribution >= 0.6 is 0 Å². The summed E-state index contributed by atoms with van der Waals surface area (Å²) in [6, 6.07) is 33.1. The molecule has 5 aromatic rings. The summed E-state index contributed by atoms with van der Waals surface area (Å²) < 4.78 is 34.1. The average molecular weight is 665 g/mol. The number of phenols is 1. The van der Waals surface area contributed by atoms with Crippen LogP contribution in [0.1, 0.15) is 49.4 Å². The lowest BCUT2D eigenvalue weighted by atomic mass is 10.0. The number of nitrogens with one attached hydrogen (secondary N) is 2. The van der Waals surface area contributed by atoms with E-state index < -0.39 is 21.7 Å². The molecule has 0 saturated carbocycles. The number of benzene rings is 5. The molecule has 48 heavy (non-hydrogen) atoms. The number of carbonyl (C=O) groups is 2. The number of sulfonamides is 1. The van der Waals surface area contributed by atoms with E-state index in [4.69, 9.17) is 4.74 Å². The highest BCUT2D eigenvalue weighted by Crippen LogP contribution is 2.24. The largest absolute Gasteiger partial charge is 0.508 e. The fourth-order valence-corrected chi connectivity index (χ4v) is 6.51. The van der Waals surface area contributed by atoms with Gasteiger partial charge in [0.1, 0.15) is 11.5 Å². The van der Waals surface area contributed by atoms with Gasteiger partial charge in [0.05, 0.1) is 17.9 Å². The Kier molecular flexibility index (Phi) is 10.8. The predicted octanol–water partition coefficient (Wildman–Crippen LogP) is 6.95. The summed E-state index contributed by atoms with van der Waals surface area (Å²) in [6.45, 7) is 2.76. The van der Waals surface area contributed by atoms with E-state index in [9.17, 15) is 28.2 Å². The fourth-order valence-electron chi connectivity index (χ4n) is 5.29. The molecule has 0 saturated heterocycles. The Morgan fingerprint density at radius 1 is 0.792 bits per heavy atom. The summed E-state index contributed by atoms with van der Waals surface area (Å²) in [7, 11) is -3.84. The lowest BCUT2D eigenvalue weighted by Crippen LogP contribution is -2.22. The van der Waals surface area contributed by atoms with Gasteiger partial charge in [0, 0.05) is 17.8 Å². The zero-order valence-electron chi connectivity index (χ0n) is 26.3. The number of anilines is 1. The second kappa shape index (κ2) is 15.3. The van der Waals surface area contributed by atoms with Crippen LogP contribution in [-0.4, -0.2) is 37.1 Å². The summed E-state index contributed by atoms with van der Waals surface area (Å²) in [5, 5.41) is 21.9. The fraction of sp³-hybridized carbons (Fsp3) is 0.158. The Bertz CT molecular complexity index is 2030. The van der Waals surface area contributed by atoms with Gasteiger partial charge < -0.3 is 20.3 Å². The summed E-state index contributed by atoms with van der Waals surface area (Å²) in [6.07, 6.45) is 1.36. The van der Waals surface area contributed by atoms with E-state index in [1.165, 1.54) is 12.1 Å². The first-order chi connectivity index (χ1) is 23.1. The summed E-state index contributed by atoms with van der Waals surface area (Å²) in [5.41, 5.74) is 5.72. The van der Waals surface area contributed by atoms with E-state index in [1.54, 1.807) is 60.7 Å². The molecule has 0 radical (unpaired) electrons. The minimum atomic E-state index is -3.84. The topological polar surface area (TPSA) is 142 Å². The second-order valence-corrected chi connectivity index (χ2v) is 13.1. The second-order valence-electron chi connectivity index (χ2n) is 11.4. The highest BCUT2D eigenvalue weighted by atomic mass is 32.2. The molecule has 1 amide bonds. The molecule has 0 bridgehead atoms. The van der Waals surface area contributed by atoms with Crippen molar-refractivity contribution in [1.82, 2.24) is 5.32 Å². The Morgan fingerprint density at radius 3 is 2.33 bits per heavy atom. The molecule has 5 aromatic carbocycles. The van der Waals surface area contributed by atoms with E-state index in [1.807, 2.05) is 49.4 Å². The van der Waals surface area contributed by atoms with E-state index >= 15 is 0 Å². The SMILES string of the molecule is Cc1cc(CNC(=O)c2cccc(-c3ccc(O)cc3)c2)ccc1OCCCc1cccc(NS(=O)(=O)Cc2ccccc2C(=O)O)c1. The normalized spacial score (nSPS) is 11.1. The molecule has 0 atom stereocenters. The number of carboxylic acids is 1. The molecule has 0 aromatic heterocycles. The van der Waals surface area contributed by atoms with E-state index in [2.05, 4.69) is 10.0 Å². The standard InChI is InChI=1S/C38H36N2O7S/c1-26-21-28(24-39-37(42)31-11-5-10-30(23-31)29-15-17-34(41)18-16-29)14-19-36(26)47-20-6-8-27-7-4-12-33(22-27)40-48(45,46)25-32-9-2-3-13-35(32)38(43)44/h2-5,7,9-19,21-23,40-41H,6,8,20,24-25H2,1H3,(H,39,42)(H,43,44). The first kappa shape index (κ1) is 33.7. The predicted molar refractivity (Wildman–Crippen MR) is 186 cm³/mol. The lowest BCUT2D eigenvalue weighted by Gasteiger charge is -2.13. The molecule has 246 valence electrons. The monoisotopic (exact) mass is 664 g/mol. The molecular formula is C38H36N2O7S. The van der Waals surface area contributed by atoms with Crippen LogP contribution in [-0.2, 0) is 28.7 Å². The van der Waals surface area contributed by atoms with Crippen molar-refractivity contribution in [2.75, 3.05) is 11.3 Å². The maximum absolute atomic E-state index is 12.9. The summed E-state index contributed by atoms with van der Waals surface area (Å²) in [4.78, 5) is 24.3. The lowest BCUT2D eigenvalue weighted by molar-refractivity contribution is 0.0695. The maximum atomic E-state index is 12.9. The third-order valence-corrected chi connectivity index (χ3v) is 8.92. The number of hydrogen-bond acceptors (Lipinski definition) is 6. The molecule has 0 unspecified atom stereocenters. The first-order valence-electron chi connectivity index (χ1n) is 15.4. The number of ether oxygens (including phenoxy) is 1. The third-order valence-electron chi connectivity index (χ3n) is 7.68. The number of amides is 1. The molecule has 0 aliphatic carbocycles. The van der Waals surface area contributed by atoms with Gasteiger partial charge in [-0.05, 0) is 102 Å². The quantitative estimate of drug-likeness (QED) is 0.0942. The Balaban J connectivity index is 1.09. The van der Waals surface area contributed by atoms with Gasteiger partial charge in [0.25, 0.3) is 5.91 Å². The first-order valence-corrected chi connectivity index (χ1v) is 17.0. The number of aromatic carboxylic acids is 1. The van der Waals surface area contributed by atoms with Crippen LogP contribution in [0.2, 0.25) is 0 Å². The van der Waals surface area contributed by atoms with Crippen LogP contribution in [0.4, 0.5) is 5.69 Å². The van der Waals surface area contributed by atoms with Crippen LogP contribution in [0, 0.1) is 6.92 Å². The van der Waals surface area contributed by atoms with Gasteiger partial charge in [-0.2, -0.15) is 0 Å². The number of hydrogen-bond donors (Lipinski definition) is 4.